The van der Waals surface area contributed by atoms with Crippen LogP contribution in [0.25, 0.3) is 6.08 Å². The van der Waals surface area contributed by atoms with Crippen LogP contribution in [0.5, 0.6) is 11.5 Å². The van der Waals surface area contributed by atoms with Crippen LogP contribution >= 0.6 is 0 Å². The Kier molecular flexibility index (Phi) is 6.11. The molecule has 5 nitrogen and oxygen atoms in total. The number of esters is 1. The molecule has 1 aromatic rings. The Morgan fingerprint density at radius 1 is 1.35 bits per heavy atom. The van der Waals surface area contributed by atoms with Crippen molar-refractivity contribution in [3.8, 4) is 17.6 Å². The molecule has 0 saturated carbocycles. The molecule has 5 heteroatoms. The van der Waals surface area contributed by atoms with E-state index in [1.807, 2.05) is 6.92 Å². The predicted octanol–water partition coefficient (Wildman–Crippen LogP) is 2.56. The van der Waals surface area contributed by atoms with E-state index >= 15 is 0 Å². The topological polar surface area (TPSA) is 68.5 Å². The molecule has 1 aromatic carbocycles. The van der Waals surface area contributed by atoms with E-state index in [-0.39, 0.29) is 5.57 Å². The Labute approximate surface area is 118 Å². The molecule has 0 N–H and O–H groups in total. The molecule has 0 aliphatic carbocycles. The van der Waals surface area contributed by atoms with Crippen LogP contribution < -0.4 is 9.47 Å². The lowest BCUT2D eigenvalue weighted by molar-refractivity contribution is -0.135. The molecule has 0 aliphatic rings. The maximum atomic E-state index is 11.3. The highest BCUT2D eigenvalue weighted by atomic mass is 16.5. The van der Waals surface area contributed by atoms with E-state index in [1.165, 1.54) is 20.3 Å². The standard InChI is InChI=1S/C15H17NO4/c1-4-7-20-13-6-5-11(9-14(13)18-2)8-12(10-16)15(17)19-3/h5-6,8-9H,4,7H2,1-3H3/b12-8-. The monoisotopic (exact) mass is 275 g/mol. The van der Waals surface area contributed by atoms with Gasteiger partial charge in [0.15, 0.2) is 11.5 Å². The lowest BCUT2D eigenvalue weighted by Gasteiger charge is -2.10. The molecule has 0 atom stereocenters. The van der Waals surface area contributed by atoms with Crippen molar-refractivity contribution in [1.29, 1.82) is 5.26 Å². The number of carbonyl (C=O) groups is 1. The van der Waals surface area contributed by atoms with E-state index in [4.69, 9.17) is 14.7 Å². The number of nitrogens with zero attached hydrogens (tertiary/aromatic N) is 1. The SMILES string of the molecule is CCCOc1ccc(/C=C(/C#N)C(=O)OC)cc1OC. The van der Waals surface area contributed by atoms with Crippen LogP contribution in [0, 0.1) is 11.3 Å². The van der Waals surface area contributed by atoms with E-state index in [0.29, 0.717) is 23.7 Å². The first-order valence-electron chi connectivity index (χ1n) is 6.17. The highest BCUT2D eigenvalue weighted by molar-refractivity contribution is 5.97. The molecule has 0 amide bonds. The Balaban J connectivity index is 3.06. The normalized spacial score (nSPS) is 10.6. The fourth-order valence-electron chi connectivity index (χ4n) is 1.52. The van der Waals surface area contributed by atoms with Gasteiger partial charge >= 0.3 is 5.97 Å². The zero-order valence-electron chi connectivity index (χ0n) is 11.8. The van der Waals surface area contributed by atoms with Crippen LogP contribution in [-0.2, 0) is 9.53 Å². The Bertz CT molecular complexity index is 543. The molecule has 20 heavy (non-hydrogen) atoms. The highest BCUT2D eigenvalue weighted by Crippen LogP contribution is 2.29. The van der Waals surface area contributed by atoms with E-state index in [0.717, 1.165) is 6.42 Å². The third-order valence-corrected chi connectivity index (χ3v) is 2.49. The minimum atomic E-state index is -0.669. The van der Waals surface area contributed by atoms with Crippen LogP contribution in [-0.4, -0.2) is 26.8 Å². The molecule has 1 rings (SSSR count). The molecular formula is C15H17NO4. The van der Waals surface area contributed by atoms with Crippen molar-refractivity contribution in [3.05, 3.63) is 29.3 Å². The Morgan fingerprint density at radius 2 is 2.10 bits per heavy atom. The molecule has 0 bridgehead atoms. The maximum absolute atomic E-state index is 11.3. The summed E-state index contributed by atoms with van der Waals surface area (Å²) in [6, 6.07) is 6.99. The van der Waals surface area contributed by atoms with Gasteiger partial charge in [-0.15, -0.1) is 0 Å². The number of methoxy groups -OCH3 is 2. The smallest absolute Gasteiger partial charge is 0.348 e. The fourth-order valence-corrected chi connectivity index (χ4v) is 1.52. The number of hydrogen-bond acceptors (Lipinski definition) is 5. The van der Waals surface area contributed by atoms with Crippen molar-refractivity contribution in [2.75, 3.05) is 20.8 Å². The summed E-state index contributed by atoms with van der Waals surface area (Å²) in [5, 5.41) is 8.91. The molecule has 0 heterocycles. The van der Waals surface area contributed by atoms with Gasteiger partial charge in [-0.3, -0.25) is 0 Å². The van der Waals surface area contributed by atoms with Gasteiger partial charge in [0.2, 0.25) is 0 Å². The van der Waals surface area contributed by atoms with Crippen LogP contribution in [0.3, 0.4) is 0 Å². The lowest BCUT2D eigenvalue weighted by Crippen LogP contribution is -2.02. The second-order valence-electron chi connectivity index (χ2n) is 3.92. The summed E-state index contributed by atoms with van der Waals surface area (Å²) in [6.45, 7) is 2.61. The van der Waals surface area contributed by atoms with Gasteiger partial charge in [-0.05, 0) is 30.2 Å². The van der Waals surface area contributed by atoms with E-state index in [1.54, 1.807) is 24.3 Å². The van der Waals surface area contributed by atoms with E-state index in [9.17, 15) is 4.79 Å². The Hall–Kier alpha value is -2.48. The molecule has 0 spiro atoms. The summed E-state index contributed by atoms with van der Waals surface area (Å²) in [4.78, 5) is 11.3. The summed E-state index contributed by atoms with van der Waals surface area (Å²) in [6.07, 6.45) is 2.34. The Morgan fingerprint density at radius 3 is 2.65 bits per heavy atom. The zero-order chi connectivity index (χ0) is 15.0. The van der Waals surface area contributed by atoms with Crippen LogP contribution in [0.15, 0.2) is 23.8 Å². The first kappa shape index (κ1) is 15.6. The van der Waals surface area contributed by atoms with Gasteiger partial charge < -0.3 is 14.2 Å². The maximum Gasteiger partial charge on any atom is 0.348 e. The molecular weight excluding hydrogens is 258 g/mol. The van der Waals surface area contributed by atoms with Crippen molar-refractivity contribution in [3.63, 3.8) is 0 Å². The third-order valence-electron chi connectivity index (χ3n) is 2.49. The van der Waals surface area contributed by atoms with Gasteiger partial charge in [0.25, 0.3) is 0 Å². The van der Waals surface area contributed by atoms with Crippen LogP contribution in [0.4, 0.5) is 0 Å². The minimum Gasteiger partial charge on any atom is -0.493 e. The fraction of sp³-hybridized carbons (Fsp3) is 0.333. The van der Waals surface area contributed by atoms with Gasteiger partial charge in [-0.25, -0.2) is 4.79 Å². The predicted molar refractivity (Wildman–Crippen MR) is 74.4 cm³/mol. The lowest BCUT2D eigenvalue weighted by atomic mass is 10.1. The molecule has 0 radical (unpaired) electrons. The average molecular weight is 275 g/mol. The quantitative estimate of drug-likeness (QED) is 0.453. The highest BCUT2D eigenvalue weighted by Gasteiger charge is 2.10. The van der Waals surface area contributed by atoms with Gasteiger partial charge in [0.1, 0.15) is 11.6 Å². The molecule has 106 valence electrons. The van der Waals surface area contributed by atoms with Crippen molar-refractivity contribution >= 4 is 12.0 Å². The number of hydrogen-bond donors (Lipinski definition) is 0. The van der Waals surface area contributed by atoms with Crippen molar-refractivity contribution < 1.29 is 19.0 Å². The average Bonchev–Trinajstić information content (AvgIpc) is 2.50. The number of rotatable bonds is 6. The first-order chi connectivity index (χ1) is 9.65. The largest absolute Gasteiger partial charge is 0.493 e. The summed E-state index contributed by atoms with van der Waals surface area (Å²) in [7, 11) is 2.77. The molecule has 0 aromatic heterocycles. The molecule has 0 unspecified atom stereocenters. The summed E-state index contributed by atoms with van der Waals surface area (Å²) >= 11 is 0. The number of benzene rings is 1. The summed E-state index contributed by atoms with van der Waals surface area (Å²) < 4.78 is 15.3. The van der Waals surface area contributed by atoms with Gasteiger partial charge in [-0.1, -0.05) is 13.0 Å². The van der Waals surface area contributed by atoms with Gasteiger partial charge in [-0.2, -0.15) is 5.26 Å². The van der Waals surface area contributed by atoms with Gasteiger partial charge in [0.05, 0.1) is 20.8 Å². The number of ether oxygens (including phenoxy) is 3. The molecule has 0 aliphatic heterocycles. The van der Waals surface area contributed by atoms with Crippen LogP contribution in [0.1, 0.15) is 18.9 Å². The summed E-state index contributed by atoms with van der Waals surface area (Å²) in [5.41, 5.74) is 0.587. The third kappa shape index (κ3) is 4.02. The van der Waals surface area contributed by atoms with Gasteiger partial charge in [0, 0.05) is 0 Å². The van der Waals surface area contributed by atoms with E-state index in [2.05, 4.69) is 4.74 Å². The first-order valence-corrected chi connectivity index (χ1v) is 6.17. The van der Waals surface area contributed by atoms with Crippen molar-refractivity contribution in [2.45, 2.75) is 13.3 Å². The number of carbonyl (C=O) groups excluding carboxylic acids is 1. The van der Waals surface area contributed by atoms with E-state index < -0.39 is 5.97 Å². The molecule has 0 fully saturated rings. The molecule has 0 saturated heterocycles. The second-order valence-corrected chi connectivity index (χ2v) is 3.92. The zero-order valence-corrected chi connectivity index (χ0v) is 11.8. The minimum absolute atomic E-state index is 0.0724. The summed E-state index contributed by atoms with van der Waals surface area (Å²) in [5.74, 6) is 0.509. The second kappa shape index (κ2) is 7.85. The van der Waals surface area contributed by atoms with Crippen LogP contribution in [0.2, 0.25) is 0 Å². The number of nitriles is 1. The van der Waals surface area contributed by atoms with Crippen molar-refractivity contribution in [1.82, 2.24) is 0 Å². The van der Waals surface area contributed by atoms with Crippen molar-refractivity contribution in [2.24, 2.45) is 0 Å².